The lowest BCUT2D eigenvalue weighted by Crippen LogP contribution is -2.20. The molecule has 148 valence electrons. The summed E-state index contributed by atoms with van der Waals surface area (Å²) in [6.45, 7) is 4.03. The maximum atomic E-state index is 9.46. The van der Waals surface area contributed by atoms with Crippen molar-refractivity contribution in [2.24, 2.45) is 0 Å². The van der Waals surface area contributed by atoms with E-state index in [0.717, 1.165) is 56.0 Å². The van der Waals surface area contributed by atoms with Crippen molar-refractivity contribution in [3.05, 3.63) is 58.6 Å². The Labute approximate surface area is 167 Å². The molecule has 2 rings (SSSR count). The van der Waals surface area contributed by atoms with Gasteiger partial charge in [0.15, 0.2) is 11.5 Å². The van der Waals surface area contributed by atoms with Gasteiger partial charge in [0.1, 0.15) is 0 Å². The molecule has 0 aromatic heterocycles. The molecule has 0 radical (unpaired) electrons. The van der Waals surface area contributed by atoms with Crippen LogP contribution in [0.5, 0.6) is 11.5 Å². The summed E-state index contributed by atoms with van der Waals surface area (Å²) >= 11 is 5.89. The van der Waals surface area contributed by atoms with Crippen molar-refractivity contribution in [1.29, 1.82) is 0 Å². The van der Waals surface area contributed by atoms with E-state index in [9.17, 15) is 10.2 Å². The number of phenols is 2. The van der Waals surface area contributed by atoms with Gasteiger partial charge in [-0.1, -0.05) is 36.2 Å². The van der Waals surface area contributed by atoms with Crippen LogP contribution in [0.15, 0.2) is 42.5 Å². The van der Waals surface area contributed by atoms with Gasteiger partial charge in [0.05, 0.1) is 0 Å². The van der Waals surface area contributed by atoms with Crippen LogP contribution in [-0.4, -0.2) is 36.4 Å². The van der Waals surface area contributed by atoms with Gasteiger partial charge in [-0.2, -0.15) is 0 Å². The molecule has 0 aliphatic carbocycles. The minimum Gasteiger partial charge on any atom is -0.504 e. The van der Waals surface area contributed by atoms with E-state index >= 15 is 0 Å². The Balaban J connectivity index is 1.37. The summed E-state index contributed by atoms with van der Waals surface area (Å²) in [5, 5.41) is 26.5. The predicted molar refractivity (Wildman–Crippen MR) is 113 cm³/mol. The smallest absolute Gasteiger partial charge is 0.157 e. The highest BCUT2D eigenvalue weighted by atomic mass is 35.5. The maximum absolute atomic E-state index is 9.46. The molecule has 0 saturated carbocycles. The molecule has 2 aromatic carbocycles. The standard InChI is InChI=1S/C22H31ClN2O2/c23-20-9-6-18(7-10-20)5-4-15-24-13-2-1-3-14-25-16-12-19-8-11-21(26)22(27)17-19/h6-11,17,24-27H,1-5,12-16H2. The molecule has 0 amide bonds. The Morgan fingerprint density at radius 2 is 1.26 bits per heavy atom. The van der Waals surface area contributed by atoms with E-state index in [0.29, 0.717) is 0 Å². The number of aromatic hydroxyl groups is 2. The van der Waals surface area contributed by atoms with Crippen LogP contribution in [-0.2, 0) is 12.8 Å². The van der Waals surface area contributed by atoms with Crippen molar-refractivity contribution in [2.75, 3.05) is 26.2 Å². The summed E-state index contributed by atoms with van der Waals surface area (Å²) in [5.74, 6) is -0.113. The predicted octanol–water partition coefficient (Wildman–Crippen LogP) is 4.28. The van der Waals surface area contributed by atoms with E-state index in [1.54, 1.807) is 6.07 Å². The van der Waals surface area contributed by atoms with Crippen molar-refractivity contribution in [2.45, 2.75) is 38.5 Å². The Hall–Kier alpha value is -1.75. The third-order valence-corrected chi connectivity index (χ3v) is 4.82. The van der Waals surface area contributed by atoms with Gasteiger partial charge >= 0.3 is 0 Å². The molecule has 0 atom stereocenters. The lowest BCUT2D eigenvalue weighted by atomic mass is 10.1. The second kappa shape index (κ2) is 12.6. The molecular weight excluding hydrogens is 360 g/mol. The summed E-state index contributed by atoms with van der Waals surface area (Å²) < 4.78 is 0. The molecule has 4 nitrogen and oxygen atoms in total. The molecule has 0 aliphatic heterocycles. The first-order chi connectivity index (χ1) is 13.1. The SMILES string of the molecule is Oc1ccc(CCNCCCCCNCCCc2ccc(Cl)cc2)cc1O. The van der Waals surface area contributed by atoms with Crippen LogP contribution >= 0.6 is 11.6 Å². The van der Waals surface area contributed by atoms with Crippen molar-refractivity contribution in [1.82, 2.24) is 10.6 Å². The number of rotatable bonds is 13. The Morgan fingerprint density at radius 3 is 1.96 bits per heavy atom. The molecule has 0 unspecified atom stereocenters. The highest BCUT2D eigenvalue weighted by molar-refractivity contribution is 6.30. The summed E-state index contributed by atoms with van der Waals surface area (Å²) in [7, 11) is 0. The van der Waals surface area contributed by atoms with Gasteiger partial charge in [-0.3, -0.25) is 0 Å². The zero-order chi connectivity index (χ0) is 19.3. The van der Waals surface area contributed by atoms with Crippen LogP contribution in [0.3, 0.4) is 0 Å². The number of phenolic OH excluding ortho intramolecular Hbond substituents is 2. The Kier molecular flexibility index (Phi) is 10.1. The number of hydrogen-bond donors (Lipinski definition) is 4. The number of hydrogen-bond acceptors (Lipinski definition) is 4. The van der Waals surface area contributed by atoms with E-state index in [1.807, 2.05) is 18.2 Å². The van der Waals surface area contributed by atoms with Crippen LogP contribution < -0.4 is 10.6 Å². The van der Waals surface area contributed by atoms with Crippen LogP contribution in [0.25, 0.3) is 0 Å². The number of benzene rings is 2. The molecule has 0 fully saturated rings. The summed E-state index contributed by atoms with van der Waals surface area (Å²) in [6.07, 6.45) is 6.69. The molecule has 5 heteroatoms. The maximum Gasteiger partial charge on any atom is 0.157 e. The fraction of sp³-hybridized carbons (Fsp3) is 0.455. The fourth-order valence-electron chi connectivity index (χ4n) is 2.95. The van der Waals surface area contributed by atoms with Crippen molar-refractivity contribution in [3.63, 3.8) is 0 Å². The van der Waals surface area contributed by atoms with Gasteiger partial charge in [-0.05, 0) is 93.7 Å². The number of nitrogens with one attached hydrogen (secondary N) is 2. The molecular formula is C22H31ClN2O2. The molecule has 0 spiro atoms. The highest BCUT2D eigenvalue weighted by Gasteiger charge is 2.00. The van der Waals surface area contributed by atoms with Crippen molar-refractivity contribution in [3.8, 4) is 11.5 Å². The number of aryl methyl sites for hydroxylation is 1. The normalized spacial score (nSPS) is 11.0. The van der Waals surface area contributed by atoms with Gasteiger partial charge in [0, 0.05) is 5.02 Å². The first-order valence-corrected chi connectivity index (χ1v) is 10.2. The second-order valence-corrected chi connectivity index (χ2v) is 7.30. The minimum absolute atomic E-state index is 0.0480. The third kappa shape index (κ3) is 9.14. The monoisotopic (exact) mass is 390 g/mol. The molecule has 4 N–H and O–H groups in total. The largest absolute Gasteiger partial charge is 0.504 e. The molecule has 2 aromatic rings. The van der Waals surface area contributed by atoms with Gasteiger partial charge in [0.2, 0.25) is 0 Å². The minimum atomic E-state index is -0.0645. The summed E-state index contributed by atoms with van der Waals surface area (Å²) in [5.41, 5.74) is 2.37. The Bertz CT molecular complexity index is 662. The molecule has 27 heavy (non-hydrogen) atoms. The third-order valence-electron chi connectivity index (χ3n) is 4.57. The quantitative estimate of drug-likeness (QED) is 0.304. The fourth-order valence-corrected chi connectivity index (χ4v) is 3.08. The van der Waals surface area contributed by atoms with Gasteiger partial charge in [0.25, 0.3) is 0 Å². The van der Waals surface area contributed by atoms with Crippen LogP contribution in [0.4, 0.5) is 0 Å². The molecule has 0 heterocycles. The second-order valence-electron chi connectivity index (χ2n) is 6.86. The topological polar surface area (TPSA) is 64.5 Å². The first kappa shape index (κ1) is 21.5. The summed E-state index contributed by atoms with van der Waals surface area (Å²) in [4.78, 5) is 0. The van der Waals surface area contributed by atoms with E-state index in [1.165, 1.54) is 30.9 Å². The van der Waals surface area contributed by atoms with E-state index in [-0.39, 0.29) is 11.5 Å². The van der Waals surface area contributed by atoms with E-state index in [4.69, 9.17) is 11.6 Å². The molecule has 0 saturated heterocycles. The van der Waals surface area contributed by atoms with Crippen LogP contribution in [0, 0.1) is 0 Å². The summed E-state index contributed by atoms with van der Waals surface area (Å²) in [6, 6.07) is 13.1. The van der Waals surface area contributed by atoms with Crippen molar-refractivity contribution < 1.29 is 10.2 Å². The van der Waals surface area contributed by atoms with Gasteiger partial charge < -0.3 is 20.8 Å². The average Bonchev–Trinajstić information content (AvgIpc) is 2.67. The van der Waals surface area contributed by atoms with E-state index < -0.39 is 0 Å². The van der Waals surface area contributed by atoms with Gasteiger partial charge in [-0.25, -0.2) is 0 Å². The number of halogens is 1. The number of unbranched alkanes of at least 4 members (excludes halogenated alkanes) is 2. The lowest BCUT2D eigenvalue weighted by molar-refractivity contribution is 0.403. The van der Waals surface area contributed by atoms with Crippen molar-refractivity contribution >= 4 is 11.6 Å². The molecule has 0 bridgehead atoms. The zero-order valence-electron chi connectivity index (χ0n) is 15.9. The molecule has 0 aliphatic rings. The van der Waals surface area contributed by atoms with Crippen LogP contribution in [0.1, 0.15) is 36.8 Å². The van der Waals surface area contributed by atoms with Crippen LogP contribution in [0.2, 0.25) is 5.02 Å². The highest BCUT2D eigenvalue weighted by Crippen LogP contribution is 2.24. The zero-order valence-corrected chi connectivity index (χ0v) is 16.6. The Morgan fingerprint density at radius 1 is 0.630 bits per heavy atom. The van der Waals surface area contributed by atoms with E-state index in [2.05, 4.69) is 22.8 Å². The lowest BCUT2D eigenvalue weighted by Gasteiger charge is -2.07. The van der Waals surface area contributed by atoms with Gasteiger partial charge in [-0.15, -0.1) is 0 Å². The first-order valence-electron chi connectivity index (χ1n) is 9.82. The average molecular weight is 391 g/mol.